The molecule has 1 aliphatic heterocycles. The second-order valence-corrected chi connectivity index (χ2v) is 14.6. The van der Waals surface area contributed by atoms with Gasteiger partial charge in [-0.05, 0) is 66.4 Å². The van der Waals surface area contributed by atoms with Gasteiger partial charge >= 0.3 is 0 Å². The number of rotatable bonds is 13. The Labute approximate surface area is 283 Å². The first-order valence-corrected chi connectivity index (χ1v) is 18.0. The standard InChI is InChI=1S/C36H36BrN3O6S/c37-32-14-7-6-13-31(32)33-36(19-22-47(43,44)30-11-2-1-3-12-30,35(42)40-39-28-23-26-9-4-5-10-27(26)24-28)38-34(46-33)25-15-17-29(18-16-25)45-21-8-20-41/h1-7,9-18,28,33,39,41H,8,19-24H2,(H,40,42)/t33-,36-/m0/s1. The van der Waals surface area contributed by atoms with Crippen molar-refractivity contribution in [3.8, 4) is 5.75 Å². The molecule has 11 heteroatoms. The molecule has 0 unspecified atom stereocenters. The third-order valence-corrected chi connectivity index (χ3v) is 11.0. The molecule has 0 spiro atoms. The van der Waals surface area contributed by atoms with E-state index in [0.29, 0.717) is 34.4 Å². The fourth-order valence-electron chi connectivity index (χ4n) is 6.01. The number of nitrogens with one attached hydrogen (secondary N) is 2. The van der Waals surface area contributed by atoms with Crippen molar-refractivity contribution in [1.29, 1.82) is 0 Å². The van der Waals surface area contributed by atoms with E-state index in [9.17, 15) is 13.2 Å². The van der Waals surface area contributed by atoms with Gasteiger partial charge in [-0.3, -0.25) is 10.2 Å². The monoisotopic (exact) mass is 717 g/mol. The zero-order chi connectivity index (χ0) is 32.9. The second kappa shape index (κ2) is 14.4. The average molecular weight is 719 g/mol. The molecule has 9 nitrogen and oxygen atoms in total. The van der Waals surface area contributed by atoms with Crippen LogP contribution in [0.4, 0.5) is 0 Å². The number of ether oxygens (including phenoxy) is 2. The number of aliphatic hydroxyl groups is 1. The maximum atomic E-state index is 14.5. The van der Waals surface area contributed by atoms with Crippen molar-refractivity contribution >= 4 is 37.6 Å². The Balaban J connectivity index is 1.35. The summed E-state index contributed by atoms with van der Waals surface area (Å²) in [4.78, 5) is 19.6. The lowest BCUT2D eigenvalue weighted by Gasteiger charge is -2.31. The number of nitrogens with zero attached hydrogens (tertiary/aromatic N) is 1. The molecule has 1 aliphatic carbocycles. The maximum absolute atomic E-state index is 14.5. The number of carbonyl (C=O) groups is 1. The molecular formula is C36H36BrN3O6S. The molecule has 4 aromatic carbocycles. The molecule has 1 amide bonds. The minimum absolute atomic E-state index is 0.0336. The van der Waals surface area contributed by atoms with Crippen molar-refractivity contribution in [2.75, 3.05) is 19.0 Å². The van der Waals surface area contributed by atoms with Gasteiger partial charge in [0.25, 0.3) is 5.91 Å². The molecule has 2 aliphatic rings. The molecule has 1 heterocycles. The van der Waals surface area contributed by atoms with Gasteiger partial charge in [-0.25, -0.2) is 18.8 Å². The predicted octanol–water partition coefficient (Wildman–Crippen LogP) is 5.12. The van der Waals surface area contributed by atoms with Gasteiger partial charge < -0.3 is 14.6 Å². The number of carbonyl (C=O) groups excluding carboxylic acids is 1. The molecule has 0 bridgehead atoms. The molecule has 0 radical (unpaired) electrons. The number of sulfone groups is 1. The van der Waals surface area contributed by atoms with Gasteiger partial charge in [-0.2, -0.15) is 0 Å². The van der Waals surface area contributed by atoms with E-state index in [2.05, 4.69) is 38.9 Å². The molecular weight excluding hydrogens is 682 g/mol. The molecule has 4 aromatic rings. The van der Waals surface area contributed by atoms with Crippen molar-refractivity contribution < 1.29 is 27.8 Å². The van der Waals surface area contributed by atoms with Gasteiger partial charge in [0.2, 0.25) is 5.90 Å². The van der Waals surface area contributed by atoms with E-state index in [1.807, 2.05) is 36.4 Å². The number of fused-ring (bicyclic) bond motifs is 1. The fourth-order valence-corrected chi connectivity index (χ4v) is 7.89. The normalized spacial score (nSPS) is 19.1. The number of aliphatic hydroxyl groups excluding tert-OH is 1. The van der Waals surface area contributed by atoms with Gasteiger partial charge in [0.05, 0.1) is 17.3 Å². The van der Waals surface area contributed by atoms with E-state index in [1.165, 1.54) is 11.1 Å². The van der Waals surface area contributed by atoms with Gasteiger partial charge in [0, 0.05) is 41.1 Å². The Morgan fingerprint density at radius 2 is 1.60 bits per heavy atom. The highest BCUT2D eigenvalue weighted by atomic mass is 79.9. The Hall–Kier alpha value is -4.03. The molecule has 2 atom stereocenters. The SMILES string of the molecule is O=C(NNC1Cc2ccccc2C1)[C@@]1(CCS(=O)(=O)c2ccccc2)N=C(c2ccc(OCCCO)cc2)O[C@H]1c1ccccc1Br. The van der Waals surface area contributed by atoms with Crippen molar-refractivity contribution in [2.45, 2.75) is 48.3 Å². The van der Waals surface area contributed by atoms with E-state index < -0.39 is 27.4 Å². The third kappa shape index (κ3) is 7.28. The van der Waals surface area contributed by atoms with Crippen LogP contribution in [-0.2, 0) is 32.2 Å². The lowest BCUT2D eigenvalue weighted by atomic mass is 9.85. The highest BCUT2D eigenvalue weighted by Gasteiger charge is 2.54. The summed E-state index contributed by atoms with van der Waals surface area (Å²) in [5.41, 5.74) is 8.21. The summed E-state index contributed by atoms with van der Waals surface area (Å²) in [7, 11) is -3.77. The minimum Gasteiger partial charge on any atom is -0.494 e. The lowest BCUT2D eigenvalue weighted by Crippen LogP contribution is -2.55. The first-order valence-electron chi connectivity index (χ1n) is 15.5. The van der Waals surface area contributed by atoms with Crippen LogP contribution in [0.2, 0.25) is 0 Å². The Morgan fingerprint density at radius 1 is 0.936 bits per heavy atom. The molecule has 47 heavy (non-hydrogen) atoms. The van der Waals surface area contributed by atoms with Crippen LogP contribution < -0.4 is 15.6 Å². The average Bonchev–Trinajstić information content (AvgIpc) is 3.70. The number of aliphatic imine (C=N–C) groups is 1. The van der Waals surface area contributed by atoms with Crippen LogP contribution in [0, 0.1) is 0 Å². The topological polar surface area (TPSA) is 126 Å². The molecule has 0 aromatic heterocycles. The largest absolute Gasteiger partial charge is 0.494 e. The van der Waals surface area contributed by atoms with E-state index in [1.54, 1.807) is 54.6 Å². The minimum atomic E-state index is -3.77. The van der Waals surface area contributed by atoms with Gasteiger partial charge in [0.1, 0.15) is 5.75 Å². The molecule has 0 fully saturated rings. The van der Waals surface area contributed by atoms with Crippen LogP contribution in [0.15, 0.2) is 117 Å². The number of benzene rings is 4. The number of halogens is 1. The summed E-state index contributed by atoms with van der Waals surface area (Å²) in [6, 6.07) is 30.9. The highest BCUT2D eigenvalue weighted by Crippen LogP contribution is 2.45. The Morgan fingerprint density at radius 3 is 2.28 bits per heavy atom. The molecule has 3 N–H and O–H groups in total. The third-order valence-electron chi connectivity index (χ3n) is 8.51. The highest BCUT2D eigenvalue weighted by molar-refractivity contribution is 9.10. The van der Waals surface area contributed by atoms with Gasteiger partial charge in [-0.1, -0.05) is 76.6 Å². The first-order chi connectivity index (χ1) is 22.8. The molecule has 6 rings (SSSR count). The van der Waals surface area contributed by atoms with E-state index in [0.717, 1.165) is 12.8 Å². The number of amides is 1. The van der Waals surface area contributed by atoms with Crippen molar-refractivity contribution in [3.63, 3.8) is 0 Å². The molecule has 0 saturated heterocycles. The quantitative estimate of drug-likeness (QED) is 0.130. The predicted molar refractivity (Wildman–Crippen MR) is 183 cm³/mol. The smallest absolute Gasteiger partial charge is 0.266 e. The molecule has 0 saturated carbocycles. The summed E-state index contributed by atoms with van der Waals surface area (Å²) < 4.78 is 40.1. The maximum Gasteiger partial charge on any atom is 0.266 e. The van der Waals surface area contributed by atoms with Crippen LogP contribution in [0.1, 0.15) is 41.2 Å². The molecule has 244 valence electrons. The number of hydrogen-bond donors (Lipinski definition) is 3. The van der Waals surface area contributed by atoms with Crippen LogP contribution in [0.25, 0.3) is 0 Å². The van der Waals surface area contributed by atoms with Crippen LogP contribution in [-0.4, -0.2) is 55.9 Å². The van der Waals surface area contributed by atoms with Gasteiger partial charge in [0.15, 0.2) is 21.5 Å². The fraction of sp³-hybridized carbons (Fsp3) is 0.278. The van der Waals surface area contributed by atoms with Crippen molar-refractivity contribution in [3.05, 3.63) is 130 Å². The van der Waals surface area contributed by atoms with Crippen molar-refractivity contribution in [1.82, 2.24) is 10.9 Å². The summed E-state index contributed by atoms with van der Waals surface area (Å²) in [5.74, 6) is 0.00498. The summed E-state index contributed by atoms with van der Waals surface area (Å²) >= 11 is 3.63. The lowest BCUT2D eigenvalue weighted by molar-refractivity contribution is -0.130. The summed E-state index contributed by atoms with van der Waals surface area (Å²) in [6.45, 7) is 0.404. The zero-order valence-corrected chi connectivity index (χ0v) is 28.0. The number of hydrazine groups is 1. The summed E-state index contributed by atoms with van der Waals surface area (Å²) in [6.07, 6.45) is 0.923. The second-order valence-electron chi connectivity index (χ2n) is 11.7. The van der Waals surface area contributed by atoms with E-state index >= 15 is 0 Å². The van der Waals surface area contributed by atoms with E-state index in [4.69, 9.17) is 19.6 Å². The van der Waals surface area contributed by atoms with E-state index in [-0.39, 0.29) is 35.6 Å². The first kappa shape index (κ1) is 32.9. The Kier molecular flexibility index (Phi) is 10.1. The summed E-state index contributed by atoms with van der Waals surface area (Å²) in [5, 5.41) is 9.07. The Bertz CT molecular complexity index is 1830. The zero-order valence-electron chi connectivity index (χ0n) is 25.6. The van der Waals surface area contributed by atoms with Crippen LogP contribution >= 0.6 is 15.9 Å². The van der Waals surface area contributed by atoms with Gasteiger partial charge in [-0.15, -0.1) is 0 Å². The number of hydrogen-bond acceptors (Lipinski definition) is 8. The van der Waals surface area contributed by atoms with Crippen LogP contribution in [0.3, 0.4) is 0 Å². The van der Waals surface area contributed by atoms with Crippen LogP contribution in [0.5, 0.6) is 5.75 Å². The van der Waals surface area contributed by atoms with Crippen molar-refractivity contribution in [2.24, 2.45) is 4.99 Å².